The van der Waals surface area contributed by atoms with Gasteiger partial charge < -0.3 is 20.3 Å². The van der Waals surface area contributed by atoms with Crippen LogP contribution in [0.15, 0.2) is 36.5 Å². The Morgan fingerprint density at radius 3 is 0.906 bits per heavy atom. The fourth-order valence-corrected chi connectivity index (χ4v) is 12.3. The Bertz CT molecular complexity index is 1380. The summed E-state index contributed by atoms with van der Waals surface area (Å²) < 4.78 is 5.51. The van der Waals surface area contributed by atoms with E-state index < -0.39 is 12.1 Å². The first-order valence-electron chi connectivity index (χ1n) is 38.7. The molecule has 6 heteroatoms. The lowest BCUT2D eigenvalue weighted by atomic mass is 10.0. The van der Waals surface area contributed by atoms with Crippen molar-refractivity contribution in [2.45, 2.75) is 443 Å². The minimum absolute atomic E-state index is 0.0190. The van der Waals surface area contributed by atoms with Crippen molar-refractivity contribution < 1.29 is 24.5 Å². The van der Waals surface area contributed by atoms with E-state index in [-0.39, 0.29) is 18.5 Å². The van der Waals surface area contributed by atoms with E-state index in [4.69, 9.17) is 4.74 Å². The SMILES string of the molecule is CCCCCCCC/C=C\CCCCCCCCCCCC(=O)OCCCCCCCCCCCCCCC/C=C\C/C=C\CCCCCCCCCCCCCCCCCCCC(=O)NC(CO)C(O)CCCCCCCCCCCCCC. The van der Waals surface area contributed by atoms with E-state index in [1.807, 2.05) is 0 Å². The molecule has 0 aliphatic heterocycles. The van der Waals surface area contributed by atoms with Gasteiger partial charge in [-0.25, -0.2) is 0 Å². The summed E-state index contributed by atoms with van der Waals surface area (Å²) >= 11 is 0. The third-order valence-electron chi connectivity index (χ3n) is 18.2. The minimum Gasteiger partial charge on any atom is -0.466 e. The first kappa shape index (κ1) is 83.1. The van der Waals surface area contributed by atoms with E-state index in [1.54, 1.807) is 0 Å². The number of aliphatic hydroxyl groups excluding tert-OH is 2. The molecule has 0 saturated heterocycles. The summed E-state index contributed by atoms with van der Waals surface area (Å²) in [5.74, 6) is -0.0117. The molecular formula is C79H151NO5. The van der Waals surface area contributed by atoms with Crippen molar-refractivity contribution in [3.63, 3.8) is 0 Å². The average molecular weight is 1200 g/mol. The number of carbonyl (C=O) groups excluding carboxylic acids is 2. The van der Waals surface area contributed by atoms with E-state index in [2.05, 4.69) is 55.6 Å². The molecule has 1 amide bonds. The normalized spacial score (nSPS) is 12.7. The van der Waals surface area contributed by atoms with Gasteiger partial charge in [0.05, 0.1) is 25.4 Å². The van der Waals surface area contributed by atoms with Gasteiger partial charge in [0, 0.05) is 12.8 Å². The summed E-state index contributed by atoms with van der Waals surface area (Å²) in [7, 11) is 0. The highest BCUT2D eigenvalue weighted by molar-refractivity contribution is 5.76. The molecule has 2 atom stereocenters. The van der Waals surface area contributed by atoms with Crippen molar-refractivity contribution in [2.24, 2.45) is 0 Å². The largest absolute Gasteiger partial charge is 0.466 e. The molecule has 85 heavy (non-hydrogen) atoms. The predicted octanol–water partition coefficient (Wildman–Crippen LogP) is 25.4. The van der Waals surface area contributed by atoms with Crippen molar-refractivity contribution in [3.8, 4) is 0 Å². The van der Waals surface area contributed by atoms with E-state index in [9.17, 15) is 19.8 Å². The molecular weight excluding hydrogens is 1040 g/mol. The third kappa shape index (κ3) is 71.0. The monoisotopic (exact) mass is 1190 g/mol. The van der Waals surface area contributed by atoms with Crippen LogP contribution in [0, 0.1) is 0 Å². The van der Waals surface area contributed by atoms with Gasteiger partial charge in [0.25, 0.3) is 0 Å². The second-order valence-corrected chi connectivity index (χ2v) is 26.7. The van der Waals surface area contributed by atoms with Crippen LogP contribution in [0.1, 0.15) is 431 Å². The summed E-state index contributed by atoms with van der Waals surface area (Å²) in [5, 5.41) is 23.3. The van der Waals surface area contributed by atoms with Gasteiger partial charge in [-0.05, 0) is 83.5 Å². The molecule has 0 fully saturated rings. The smallest absolute Gasteiger partial charge is 0.305 e. The van der Waals surface area contributed by atoms with Crippen LogP contribution in [0.5, 0.6) is 0 Å². The number of amides is 1. The topological polar surface area (TPSA) is 95.9 Å². The summed E-state index contributed by atoms with van der Waals surface area (Å²) in [6.07, 6.45) is 96.7. The lowest BCUT2D eigenvalue weighted by Gasteiger charge is -2.22. The molecule has 6 nitrogen and oxygen atoms in total. The van der Waals surface area contributed by atoms with Crippen LogP contribution in [0.4, 0.5) is 0 Å². The van der Waals surface area contributed by atoms with Crippen molar-refractivity contribution in [2.75, 3.05) is 13.2 Å². The van der Waals surface area contributed by atoms with Crippen LogP contribution in [0.2, 0.25) is 0 Å². The Morgan fingerprint density at radius 1 is 0.329 bits per heavy atom. The van der Waals surface area contributed by atoms with Crippen LogP contribution in [0.25, 0.3) is 0 Å². The highest BCUT2D eigenvalue weighted by Gasteiger charge is 2.20. The van der Waals surface area contributed by atoms with Crippen molar-refractivity contribution in [3.05, 3.63) is 36.5 Å². The number of nitrogens with one attached hydrogen (secondary N) is 1. The Balaban J connectivity index is 3.33. The Kier molecular flexibility index (Phi) is 72.9. The molecule has 0 aromatic rings. The molecule has 0 aliphatic rings. The van der Waals surface area contributed by atoms with Crippen molar-refractivity contribution in [1.82, 2.24) is 5.32 Å². The lowest BCUT2D eigenvalue weighted by Crippen LogP contribution is -2.45. The molecule has 0 aromatic heterocycles. The van der Waals surface area contributed by atoms with E-state index in [0.29, 0.717) is 25.9 Å². The number of ether oxygens (including phenoxy) is 1. The van der Waals surface area contributed by atoms with Gasteiger partial charge in [0.1, 0.15) is 0 Å². The van der Waals surface area contributed by atoms with E-state index >= 15 is 0 Å². The second kappa shape index (κ2) is 74.5. The number of rotatable bonds is 73. The quantitative estimate of drug-likeness (QED) is 0.0320. The van der Waals surface area contributed by atoms with E-state index in [1.165, 1.54) is 353 Å². The van der Waals surface area contributed by atoms with Gasteiger partial charge in [-0.15, -0.1) is 0 Å². The van der Waals surface area contributed by atoms with Crippen LogP contribution in [-0.4, -0.2) is 47.4 Å². The zero-order chi connectivity index (χ0) is 61.3. The maximum Gasteiger partial charge on any atom is 0.305 e. The second-order valence-electron chi connectivity index (χ2n) is 26.7. The number of esters is 1. The van der Waals surface area contributed by atoms with Crippen LogP contribution < -0.4 is 5.32 Å². The van der Waals surface area contributed by atoms with Gasteiger partial charge in [0.2, 0.25) is 5.91 Å². The molecule has 0 bridgehead atoms. The van der Waals surface area contributed by atoms with Crippen LogP contribution >= 0.6 is 0 Å². The van der Waals surface area contributed by atoms with Gasteiger partial charge >= 0.3 is 5.97 Å². The van der Waals surface area contributed by atoms with Crippen molar-refractivity contribution >= 4 is 11.9 Å². The molecule has 0 spiro atoms. The molecule has 2 unspecified atom stereocenters. The molecule has 0 rings (SSSR count). The zero-order valence-corrected chi connectivity index (χ0v) is 57.6. The Hall–Kier alpha value is -1.92. The summed E-state index contributed by atoms with van der Waals surface area (Å²) in [5.41, 5.74) is 0. The molecule has 0 saturated carbocycles. The summed E-state index contributed by atoms with van der Waals surface area (Å²) in [6, 6.07) is -0.538. The molecule has 502 valence electrons. The number of allylic oxidation sites excluding steroid dienone is 6. The van der Waals surface area contributed by atoms with Crippen LogP contribution in [0.3, 0.4) is 0 Å². The fraction of sp³-hybridized carbons (Fsp3) is 0.899. The van der Waals surface area contributed by atoms with E-state index in [0.717, 1.165) is 44.9 Å². The van der Waals surface area contributed by atoms with Gasteiger partial charge in [-0.2, -0.15) is 0 Å². The molecule has 0 heterocycles. The molecule has 3 N–H and O–H groups in total. The van der Waals surface area contributed by atoms with Gasteiger partial charge in [-0.3, -0.25) is 9.59 Å². The summed E-state index contributed by atoms with van der Waals surface area (Å²) in [4.78, 5) is 24.6. The highest BCUT2D eigenvalue weighted by atomic mass is 16.5. The number of aliphatic hydroxyl groups is 2. The van der Waals surface area contributed by atoms with Crippen LogP contribution in [-0.2, 0) is 14.3 Å². The lowest BCUT2D eigenvalue weighted by molar-refractivity contribution is -0.143. The van der Waals surface area contributed by atoms with Gasteiger partial charge in [-0.1, -0.05) is 371 Å². The number of hydrogen-bond donors (Lipinski definition) is 3. The standard InChI is InChI=1S/C79H151NO5/c1-3-5-7-9-11-13-15-17-18-19-39-43-46-49-53-57-61-65-69-73-79(84)85-74-70-66-62-58-54-50-47-44-41-38-36-34-32-30-28-26-24-22-20-21-23-25-27-29-31-33-35-37-40-42-45-48-52-56-60-64-68-72-78(83)80-76(75-81)77(82)71-67-63-59-55-51-16-14-12-10-8-6-4-2/h17-18,20,22,26,28,76-77,81-82H,3-16,19,21,23-25,27,29-75H2,1-2H3,(H,80,83)/b18-17-,22-20-,28-26-. The first-order chi connectivity index (χ1) is 42.0. The Morgan fingerprint density at radius 2 is 0.588 bits per heavy atom. The predicted molar refractivity (Wildman–Crippen MR) is 375 cm³/mol. The molecule has 0 aliphatic carbocycles. The number of unbranched alkanes of at least 4 members (excludes halogenated alkanes) is 56. The average Bonchev–Trinajstić information content (AvgIpc) is 3.52. The number of carbonyl (C=O) groups is 2. The van der Waals surface area contributed by atoms with Gasteiger partial charge in [0.15, 0.2) is 0 Å². The Labute approximate surface area is 532 Å². The molecule has 0 radical (unpaired) electrons. The minimum atomic E-state index is -0.661. The first-order valence-corrected chi connectivity index (χ1v) is 38.7. The zero-order valence-electron chi connectivity index (χ0n) is 57.6. The fourth-order valence-electron chi connectivity index (χ4n) is 12.3. The number of hydrogen-bond acceptors (Lipinski definition) is 5. The maximum atomic E-state index is 12.5. The highest BCUT2D eigenvalue weighted by Crippen LogP contribution is 2.19. The molecule has 0 aromatic carbocycles. The third-order valence-corrected chi connectivity index (χ3v) is 18.2. The summed E-state index contributed by atoms with van der Waals surface area (Å²) in [6.45, 7) is 4.98. The maximum absolute atomic E-state index is 12.5. The van der Waals surface area contributed by atoms with Crippen molar-refractivity contribution in [1.29, 1.82) is 0 Å².